The first-order valence-corrected chi connectivity index (χ1v) is 8.58. The Morgan fingerprint density at radius 2 is 1.86 bits per heavy atom. The van der Waals surface area contributed by atoms with Crippen LogP contribution in [0.15, 0.2) is 22.7 Å². The predicted octanol–water partition coefficient (Wildman–Crippen LogP) is 5.27. The number of nitrogens with one attached hydrogen (secondary N) is 1. The summed E-state index contributed by atoms with van der Waals surface area (Å²) < 4.78 is 0.542. The molecule has 0 unspecified atom stereocenters. The average molecular weight is 353 g/mol. The molecule has 3 rings (SSSR count). The van der Waals surface area contributed by atoms with Crippen molar-refractivity contribution in [3.8, 4) is 0 Å². The molecule has 1 aromatic carbocycles. The molecule has 1 aromatic rings. The van der Waals surface area contributed by atoms with E-state index in [9.17, 15) is 10.1 Å². The zero-order chi connectivity index (χ0) is 14.9. The van der Waals surface area contributed by atoms with Crippen molar-refractivity contribution in [2.24, 2.45) is 5.41 Å². The Labute approximate surface area is 133 Å². The maximum absolute atomic E-state index is 10.8. The van der Waals surface area contributed by atoms with Crippen molar-refractivity contribution in [3.05, 3.63) is 32.8 Å². The van der Waals surface area contributed by atoms with Gasteiger partial charge in [-0.2, -0.15) is 0 Å². The van der Waals surface area contributed by atoms with Crippen molar-refractivity contribution in [3.63, 3.8) is 0 Å². The van der Waals surface area contributed by atoms with Crippen LogP contribution in [0, 0.1) is 15.5 Å². The molecule has 114 valence electrons. The predicted molar refractivity (Wildman–Crippen MR) is 87.6 cm³/mol. The highest BCUT2D eigenvalue weighted by molar-refractivity contribution is 9.10. The van der Waals surface area contributed by atoms with Crippen molar-refractivity contribution < 1.29 is 4.92 Å². The van der Waals surface area contributed by atoms with Gasteiger partial charge in [-0.1, -0.05) is 12.8 Å². The van der Waals surface area contributed by atoms with Crippen LogP contribution in [0.4, 0.5) is 11.4 Å². The van der Waals surface area contributed by atoms with Gasteiger partial charge in [-0.15, -0.1) is 0 Å². The van der Waals surface area contributed by atoms with Gasteiger partial charge in [0.1, 0.15) is 0 Å². The lowest BCUT2D eigenvalue weighted by Crippen LogP contribution is -2.31. The molecule has 1 N–H and O–H groups in total. The number of hydrogen-bond donors (Lipinski definition) is 1. The molecule has 0 aromatic heterocycles. The summed E-state index contributed by atoms with van der Waals surface area (Å²) in [5.41, 5.74) is 1.74. The second-order valence-corrected chi connectivity index (χ2v) is 7.40. The van der Waals surface area contributed by atoms with Crippen LogP contribution >= 0.6 is 15.9 Å². The first-order valence-electron chi connectivity index (χ1n) is 7.79. The number of halogens is 1. The largest absolute Gasteiger partial charge is 0.382 e. The number of nitro benzene ring substituents is 1. The number of hydrogen-bond acceptors (Lipinski definition) is 3. The molecule has 0 aliphatic heterocycles. The van der Waals surface area contributed by atoms with Gasteiger partial charge in [-0.25, -0.2) is 0 Å². The molecule has 2 fully saturated rings. The van der Waals surface area contributed by atoms with Gasteiger partial charge in [0.05, 0.1) is 9.40 Å². The second kappa shape index (κ2) is 5.95. The van der Waals surface area contributed by atoms with Gasteiger partial charge in [-0.05, 0) is 72.0 Å². The zero-order valence-corrected chi connectivity index (χ0v) is 13.7. The highest BCUT2D eigenvalue weighted by atomic mass is 79.9. The van der Waals surface area contributed by atoms with E-state index in [1.165, 1.54) is 51.4 Å². The Hall–Kier alpha value is -1.10. The summed E-state index contributed by atoms with van der Waals surface area (Å²) in [5.74, 6) is 0. The lowest BCUT2D eigenvalue weighted by molar-refractivity contribution is -0.385. The molecule has 0 atom stereocenters. The summed E-state index contributed by atoms with van der Waals surface area (Å²) in [7, 11) is 0. The van der Waals surface area contributed by atoms with Crippen molar-refractivity contribution in [1.82, 2.24) is 0 Å². The van der Waals surface area contributed by atoms with Crippen molar-refractivity contribution in [2.45, 2.75) is 57.4 Å². The van der Waals surface area contributed by atoms with E-state index >= 15 is 0 Å². The highest BCUT2D eigenvalue weighted by Crippen LogP contribution is 2.49. The van der Waals surface area contributed by atoms with E-state index in [2.05, 4.69) is 21.2 Å². The van der Waals surface area contributed by atoms with E-state index < -0.39 is 0 Å². The van der Waals surface area contributed by atoms with Gasteiger partial charge >= 0.3 is 0 Å². The molecule has 0 saturated heterocycles. The molecule has 21 heavy (non-hydrogen) atoms. The van der Waals surface area contributed by atoms with Crippen LogP contribution in [0.25, 0.3) is 0 Å². The molecule has 0 radical (unpaired) electrons. The van der Waals surface area contributed by atoms with E-state index in [-0.39, 0.29) is 10.6 Å². The van der Waals surface area contributed by atoms with Crippen LogP contribution < -0.4 is 5.32 Å². The zero-order valence-electron chi connectivity index (χ0n) is 12.1. The minimum atomic E-state index is -0.363. The maximum Gasteiger partial charge on any atom is 0.283 e. The fourth-order valence-electron chi connectivity index (χ4n) is 3.98. The van der Waals surface area contributed by atoms with Gasteiger partial charge in [-0.3, -0.25) is 10.1 Å². The van der Waals surface area contributed by atoms with Crippen LogP contribution in [0.1, 0.15) is 51.4 Å². The first kappa shape index (κ1) is 14.8. The third-order valence-electron chi connectivity index (χ3n) is 5.23. The van der Waals surface area contributed by atoms with Crippen LogP contribution in [0.3, 0.4) is 0 Å². The van der Waals surface area contributed by atoms with E-state index in [1.54, 1.807) is 6.07 Å². The number of nitro groups is 1. The standard InChI is InChI=1S/C16H21BrN2O2/c17-14-11-13(3-4-15(14)19(20)21)18-12-5-9-16(10-6-12)7-1-2-8-16/h3-4,11-12,18H,1-2,5-10H2. The van der Waals surface area contributed by atoms with Crippen molar-refractivity contribution >= 4 is 27.3 Å². The van der Waals surface area contributed by atoms with Crippen molar-refractivity contribution in [1.29, 1.82) is 0 Å². The van der Waals surface area contributed by atoms with Crippen molar-refractivity contribution in [2.75, 3.05) is 5.32 Å². The molecule has 4 nitrogen and oxygen atoms in total. The molecule has 2 aliphatic rings. The maximum atomic E-state index is 10.8. The minimum absolute atomic E-state index is 0.120. The Morgan fingerprint density at radius 3 is 2.43 bits per heavy atom. The number of nitrogens with zero attached hydrogens (tertiary/aromatic N) is 1. The van der Waals surface area contributed by atoms with Crippen LogP contribution in [-0.4, -0.2) is 11.0 Å². The Kier molecular flexibility index (Phi) is 4.20. The SMILES string of the molecule is O=[N+]([O-])c1ccc(NC2CCC3(CCCC3)CC2)cc1Br. The van der Waals surface area contributed by atoms with E-state index in [1.807, 2.05) is 12.1 Å². The third kappa shape index (κ3) is 3.23. The lowest BCUT2D eigenvalue weighted by atomic mass is 9.71. The average Bonchev–Trinajstić information content (AvgIpc) is 2.90. The molecule has 2 aliphatic carbocycles. The molecule has 1 spiro atoms. The summed E-state index contributed by atoms with van der Waals surface area (Å²) in [5, 5.41) is 14.4. The number of benzene rings is 1. The van der Waals surface area contributed by atoms with Gasteiger partial charge in [0.25, 0.3) is 5.69 Å². The summed E-state index contributed by atoms with van der Waals surface area (Å²) in [6, 6.07) is 5.69. The Morgan fingerprint density at radius 1 is 1.19 bits per heavy atom. The smallest absolute Gasteiger partial charge is 0.283 e. The fraction of sp³-hybridized carbons (Fsp3) is 0.625. The molecular weight excluding hydrogens is 332 g/mol. The van der Waals surface area contributed by atoms with Gasteiger partial charge in [0.15, 0.2) is 0 Å². The molecule has 5 heteroatoms. The normalized spacial score (nSPS) is 21.6. The highest BCUT2D eigenvalue weighted by Gasteiger charge is 2.37. The van der Waals surface area contributed by atoms with Gasteiger partial charge in [0, 0.05) is 17.8 Å². The van der Waals surface area contributed by atoms with E-state index in [0.29, 0.717) is 15.9 Å². The Balaban J connectivity index is 1.60. The fourth-order valence-corrected chi connectivity index (χ4v) is 4.50. The quantitative estimate of drug-likeness (QED) is 0.595. The lowest BCUT2D eigenvalue weighted by Gasteiger charge is -2.37. The van der Waals surface area contributed by atoms with E-state index in [0.717, 1.165) is 5.69 Å². The molecule has 0 heterocycles. The summed E-state index contributed by atoms with van der Waals surface area (Å²) in [4.78, 5) is 10.5. The van der Waals surface area contributed by atoms with Crippen LogP contribution in [-0.2, 0) is 0 Å². The van der Waals surface area contributed by atoms with E-state index in [4.69, 9.17) is 0 Å². The third-order valence-corrected chi connectivity index (χ3v) is 5.86. The monoisotopic (exact) mass is 352 g/mol. The minimum Gasteiger partial charge on any atom is -0.382 e. The van der Waals surface area contributed by atoms with Crippen LogP contribution in [0.2, 0.25) is 0 Å². The molecule has 0 amide bonds. The summed E-state index contributed by atoms with van der Waals surface area (Å²) in [6.45, 7) is 0. The first-order chi connectivity index (χ1) is 10.1. The van der Waals surface area contributed by atoms with Crippen LogP contribution in [0.5, 0.6) is 0 Å². The molecule has 2 saturated carbocycles. The second-order valence-electron chi connectivity index (χ2n) is 6.55. The summed E-state index contributed by atoms with van der Waals surface area (Å²) >= 11 is 3.28. The number of anilines is 1. The molecular formula is C16H21BrN2O2. The topological polar surface area (TPSA) is 55.2 Å². The molecule has 0 bridgehead atoms. The van der Waals surface area contributed by atoms with Gasteiger partial charge < -0.3 is 5.32 Å². The van der Waals surface area contributed by atoms with Gasteiger partial charge in [0.2, 0.25) is 0 Å². The summed E-state index contributed by atoms with van der Waals surface area (Å²) in [6.07, 6.45) is 10.8. The Bertz CT molecular complexity index is 531. The number of rotatable bonds is 3.